The van der Waals surface area contributed by atoms with Gasteiger partial charge in [0.05, 0.1) is 0 Å². The van der Waals surface area contributed by atoms with Gasteiger partial charge < -0.3 is 5.32 Å². The van der Waals surface area contributed by atoms with Gasteiger partial charge in [0, 0.05) is 11.6 Å². The van der Waals surface area contributed by atoms with Gasteiger partial charge in [-0.3, -0.25) is 4.79 Å². The van der Waals surface area contributed by atoms with Gasteiger partial charge in [0.2, 0.25) is 5.91 Å². The van der Waals surface area contributed by atoms with Crippen molar-refractivity contribution in [3.63, 3.8) is 0 Å². The number of allylic oxidation sites excluding steroid dienone is 1. The van der Waals surface area contributed by atoms with Crippen LogP contribution in [0.15, 0.2) is 42.5 Å². The van der Waals surface area contributed by atoms with E-state index >= 15 is 0 Å². The highest BCUT2D eigenvalue weighted by Gasteiger charge is 2.22. The van der Waals surface area contributed by atoms with E-state index in [0.29, 0.717) is 0 Å². The second kappa shape index (κ2) is 4.97. The third kappa shape index (κ3) is 2.72. The summed E-state index contributed by atoms with van der Waals surface area (Å²) in [5, 5.41) is 2.95. The molecule has 84 valence electrons. The van der Waals surface area contributed by atoms with E-state index in [0.717, 1.165) is 31.4 Å². The van der Waals surface area contributed by atoms with E-state index in [9.17, 15) is 4.79 Å². The molecule has 0 heterocycles. The van der Waals surface area contributed by atoms with E-state index in [2.05, 4.69) is 11.9 Å². The molecule has 1 unspecified atom stereocenters. The molecule has 1 saturated carbocycles. The van der Waals surface area contributed by atoms with E-state index in [4.69, 9.17) is 0 Å². The third-order valence-corrected chi connectivity index (χ3v) is 3.03. The summed E-state index contributed by atoms with van der Waals surface area (Å²) in [5.41, 5.74) is 2.09. The number of benzene rings is 1. The van der Waals surface area contributed by atoms with Crippen LogP contribution in [-0.2, 0) is 4.79 Å². The maximum Gasteiger partial charge on any atom is 0.227 e. The summed E-state index contributed by atoms with van der Waals surface area (Å²) in [6.45, 7) is 3.97. The highest BCUT2D eigenvalue weighted by molar-refractivity contribution is 5.92. The predicted molar refractivity (Wildman–Crippen MR) is 66.2 cm³/mol. The Kier molecular flexibility index (Phi) is 3.40. The molecule has 0 radical (unpaired) electrons. The Morgan fingerprint density at radius 3 is 2.75 bits per heavy atom. The van der Waals surface area contributed by atoms with Crippen LogP contribution >= 0.6 is 0 Å². The van der Waals surface area contributed by atoms with Crippen LogP contribution in [0.4, 0.5) is 5.69 Å². The van der Waals surface area contributed by atoms with Gasteiger partial charge in [-0.05, 0) is 37.8 Å². The molecule has 1 fully saturated rings. The number of carbonyl (C=O) groups is 1. The normalized spacial score (nSPS) is 20.5. The number of rotatable bonds is 2. The monoisotopic (exact) mass is 215 g/mol. The van der Waals surface area contributed by atoms with Gasteiger partial charge in [-0.15, -0.1) is 0 Å². The minimum Gasteiger partial charge on any atom is -0.326 e. The Morgan fingerprint density at radius 1 is 1.31 bits per heavy atom. The molecule has 1 aromatic carbocycles. The molecule has 1 amide bonds. The van der Waals surface area contributed by atoms with Gasteiger partial charge in [0.1, 0.15) is 0 Å². The lowest BCUT2D eigenvalue weighted by molar-refractivity contribution is -0.120. The fourth-order valence-electron chi connectivity index (χ4n) is 2.14. The quantitative estimate of drug-likeness (QED) is 0.753. The lowest BCUT2D eigenvalue weighted by Gasteiger charge is -2.22. The Balaban J connectivity index is 1.95. The van der Waals surface area contributed by atoms with Crippen LogP contribution < -0.4 is 5.32 Å². The molecule has 0 saturated heterocycles. The summed E-state index contributed by atoms with van der Waals surface area (Å²) >= 11 is 0. The summed E-state index contributed by atoms with van der Waals surface area (Å²) < 4.78 is 0. The fraction of sp³-hybridized carbons (Fsp3) is 0.357. The van der Waals surface area contributed by atoms with Gasteiger partial charge in [0.15, 0.2) is 0 Å². The van der Waals surface area contributed by atoms with E-state index in [-0.39, 0.29) is 11.8 Å². The van der Waals surface area contributed by atoms with Crippen molar-refractivity contribution in [2.24, 2.45) is 5.92 Å². The second-order valence-corrected chi connectivity index (χ2v) is 4.40. The summed E-state index contributed by atoms with van der Waals surface area (Å²) in [7, 11) is 0. The van der Waals surface area contributed by atoms with Crippen LogP contribution in [0.25, 0.3) is 0 Å². The Bertz CT molecular complexity index is 383. The fourth-order valence-corrected chi connectivity index (χ4v) is 2.14. The highest BCUT2D eigenvalue weighted by atomic mass is 16.1. The molecule has 2 rings (SSSR count). The van der Waals surface area contributed by atoms with E-state index in [1.807, 2.05) is 30.3 Å². The van der Waals surface area contributed by atoms with Crippen molar-refractivity contribution in [1.82, 2.24) is 0 Å². The zero-order chi connectivity index (χ0) is 11.4. The molecule has 1 aliphatic rings. The lowest BCUT2D eigenvalue weighted by atomic mass is 9.86. The predicted octanol–water partition coefficient (Wildman–Crippen LogP) is 3.37. The first kappa shape index (κ1) is 10.9. The third-order valence-electron chi connectivity index (χ3n) is 3.03. The maximum absolute atomic E-state index is 12.0. The van der Waals surface area contributed by atoms with Gasteiger partial charge >= 0.3 is 0 Å². The number of hydrogen-bond donors (Lipinski definition) is 1. The molecule has 2 heteroatoms. The standard InChI is InChI=1S/C14H17NO/c1-11-6-5-7-12(10-11)14(16)15-13-8-3-2-4-9-13/h2-4,8-9,12H,1,5-7,10H2,(H,15,16). The van der Waals surface area contributed by atoms with E-state index in [1.165, 1.54) is 5.57 Å². The van der Waals surface area contributed by atoms with Crippen LogP contribution in [-0.4, -0.2) is 5.91 Å². The average Bonchev–Trinajstić information content (AvgIpc) is 2.30. The van der Waals surface area contributed by atoms with Crippen LogP contribution in [0.3, 0.4) is 0 Å². The first-order valence-corrected chi connectivity index (χ1v) is 5.78. The SMILES string of the molecule is C=C1CCCC(C(=O)Nc2ccccc2)C1. The van der Waals surface area contributed by atoms with Gasteiger partial charge in [0.25, 0.3) is 0 Å². The van der Waals surface area contributed by atoms with Crippen LogP contribution in [0.2, 0.25) is 0 Å². The Morgan fingerprint density at radius 2 is 2.06 bits per heavy atom. The van der Waals surface area contributed by atoms with Crippen molar-refractivity contribution >= 4 is 11.6 Å². The molecule has 1 aromatic rings. The Labute approximate surface area is 96.4 Å². The van der Waals surface area contributed by atoms with E-state index < -0.39 is 0 Å². The number of hydrogen-bond acceptors (Lipinski definition) is 1. The van der Waals surface area contributed by atoms with Crippen LogP contribution in [0, 0.1) is 5.92 Å². The summed E-state index contributed by atoms with van der Waals surface area (Å²) in [5.74, 6) is 0.244. The van der Waals surface area contributed by atoms with Crippen molar-refractivity contribution < 1.29 is 4.79 Å². The number of carbonyl (C=O) groups excluding carboxylic acids is 1. The summed E-state index contributed by atoms with van der Waals surface area (Å²) in [6.07, 6.45) is 4.00. The smallest absolute Gasteiger partial charge is 0.227 e. The number of anilines is 1. The van der Waals surface area contributed by atoms with Gasteiger partial charge in [-0.1, -0.05) is 30.4 Å². The molecule has 0 aliphatic heterocycles. The lowest BCUT2D eigenvalue weighted by Crippen LogP contribution is -2.25. The molecule has 1 atom stereocenters. The minimum absolute atomic E-state index is 0.112. The number of nitrogens with one attached hydrogen (secondary N) is 1. The molecule has 1 aliphatic carbocycles. The molecule has 1 N–H and O–H groups in total. The first-order chi connectivity index (χ1) is 7.75. The summed E-state index contributed by atoms with van der Waals surface area (Å²) in [4.78, 5) is 12.0. The molecular formula is C14H17NO. The van der Waals surface area contributed by atoms with Crippen molar-refractivity contribution in [2.45, 2.75) is 25.7 Å². The minimum atomic E-state index is 0.112. The van der Waals surface area contributed by atoms with Crippen molar-refractivity contribution in [3.8, 4) is 0 Å². The van der Waals surface area contributed by atoms with E-state index in [1.54, 1.807) is 0 Å². The zero-order valence-electron chi connectivity index (χ0n) is 9.41. The van der Waals surface area contributed by atoms with Crippen molar-refractivity contribution in [1.29, 1.82) is 0 Å². The molecule has 0 spiro atoms. The van der Waals surface area contributed by atoms with Gasteiger partial charge in [-0.25, -0.2) is 0 Å². The maximum atomic E-state index is 12.0. The molecule has 0 aromatic heterocycles. The molecule has 2 nitrogen and oxygen atoms in total. The molecule has 16 heavy (non-hydrogen) atoms. The summed E-state index contributed by atoms with van der Waals surface area (Å²) in [6, 6.07) is 9.62. The largest absolute Gasteiger partial charge is 0.326 e. The highest BCUT2D eigenvalue weighted by Crippen LogP contribution is 2.28. The second-order valence-electron chi connectivity index (χ2n) is 4.40. The zero-order valence-corrected chi connectivity index (χ0v) is 9.41. The van der Waals surface area contributed by atoms with Crippen molar-refractivity contribution in [2.75, 3.05) is 5.32 Å². The topological polar surface area (TPSA) is 29.1 Å². The molecule has 0 bridgehead atoms. The van der Waals surface area contributed by atoms with Gasteiger partial charge in [-0.2, -0.15) is 0 Å². The first-order valence-electron chi connectivity index (χ1n) is 5.78. The number of amides is 1. The van der Waals surface area contributed by atoms with Crippen LogP contribution in [0.1, 0.15) is 25.7 Å². The Hall–Kier alpha value is -1.57. The van der Waals surface area contributed by atoms with Crippen LogP contribution in [0.5, 0.6) is 0 Å². The number of para-hydroxylation sites is 1. The molecular weight excluding hydrogens is 198 g/mol. The average molecular weight is 215 g/mol. The van der Waals surface area contributed by atoms with Crippen molar-refractivity contribution in [3.05, 3.63) is 42.5 Å².